The average molecular weight is 577 g/mol. The molecule has 0 saturated heterocycles. The normalized spacial score (nSPS) is 9.17. The molecule has 0 aliphatic heterocycles. The van der Waals surface area contributed by atoms with Crippen molar-refractivity contribution in [1.82, 2.24) is 0 Å². The molecule has 0 aliphatic carbocycles. The molecule has 3 rings (SSSR count). The van der Waals surface area contributed by atoms with Crippen LogP contribution in [0.1, 0.15) is 0 Å². The van der Waals surface area contributed by atoms with E-state index in [1.807, 2.05) is 0 Å². The number of rotatable bonds is 0. The van der Waals surface area contributed by atoms with Crippen LogP contribution in [0.4, 0.5) is 0 Å². The fourth-order valence-corrected chi connectivity index (χ4v) is 2.13. The van der Waals surface area contributed by atoms with Crippen molar-refractivity contribution in [1.29, 1.82) is 0 Å². The lowest BCUT2D eigenvalue weighted by atomic mass is 10.1. The third kappa shape index (κ3) is 3.24. The second-order valence-corrected chi connectivity index (χ2v) is 3.82. The highest BCUT2D eigenvalue weighted by Gasteiger charge is 2.08. The second kappa shape index (κ2) is 7.78. The highest BCUT2D eigenvalue weighted by molar-refractivity contribution is 14.0. The first-order valence-electron chi connectivity index (χ1n) is 5.13. The van der Waals surface area contributed by atoms with Crippen molar-refractivity contribution in [2.45, 2.75) is 0 Å². The van der Waals surface area contributed by atoms with Gasteiger partial charge in [-0.05, 0) is 18.2 Å². The molecule has 18 heavy (non-hydrogen) atoms. The van der Waals surface area contributed by atoms with Gasteiger partial charge in [-0.2, -0.15) is 4.57 Å². The van der Waals surface area contributed by atoms with Crippen molar-refractivity contribution in [2.75, 3.05) is 0 Å². The summed E-state index contributed by atoms with van der Waals surface area (Å²) < 4.78 is 2.24. The van der Waals surface area contributed by atoms with Crippen LogP contribution in [0, 0.1) is 0 Å². The fraction of sp³-hybridized carbons (Fsp3) is 0.0714. The van der Waals surface area contributed by atoms with Gasteiger partial charge in [0, 0.05) is 22.9 Å². The molecule has 0 spiro atoms. The van der Waals surface area contributed by atoms with E-state index in [9.17, 15) is 0 Å². The van der Waals surface area contributed by atoms with Crippen LogP contribution in [0.3, 0.4) is 0 Å². The molecule has 1 heterocycles. The molecule has 0 N–H and O–H groups in total. The van der Waals surface area contributed by atoms with Crippen molar-refractivity contribution in [3.8, 4) is 0 Å². The SMILES string of the molecule is C[n+]1c2ccccc2cc2ccccc21.I.I.[I-]. The predicted molar refractivity (Wildman–Crippen MR) is 93.5 cm³/mol. The molecule has 0 aliphatic rings. The van der Waals surface area contributed by atoms with E-state index in [-0.39, 0.29) is 71.9 Å². The molecule has 2 aromatic carbocycles. The van der Waals surface area contributed by atoms with Crippen LogP contribution in [-0.4, -0.2) is 0 Å². The molecule has 0 radical (unpaired) electrons. The summed E-state index contributed by atoms with van der Waals surface area (Å²) in [6.45, 7) is 0. The molecule has 3 aromatic rings. The van der Waals surface area contributed by atoms with Crippen LogP contribution < -0.4 is 28.5 Å². The number of aromatic nitrogens is 1. The number of hydrogen-bond donors (Lipinski definition) is 0. The lowest BCUT2D eigenvalue weighted by molar-refractivity contribution is -0.617. The molecule has 0 bridgehead atoms. The molecule has 1 aromatic heterocycles. The molecular weight excluding hydrogens is 563 g/mol. The molecule has 96 valence electrons. The zero-order chi connectivity index (χ0) is 10.3. The number of pyridine rings is 1. The molecule has 0 atom stereocenters. The van der Waals surface area contributed by atoms with Crippen molar-refractivity contribution < 1.29 is 28.5 Å². The summed E-state index contributed by atoms with van der Waals surface area (Å²) in [5, 5.41) is 2.58. The van der Waals surface area contributed by atoms with E-state index < -0.39 is 0 Å². The van der Waals surface area contributed by atoms with E-state index in [2.05, 4.69) is 66.2 Å². The first-order chi connectivity index (χ1) is 7.36. The largest absolute Gasteiger partial charge is 1.00 e. The van der Waals surface area contributed by atoms with Crippen LogP contribution in [-0.2, 0) is 7.05 Å². The lowest BCUT2D eigenvalue weighted by Gasteiger charge is -2.00. The van der Waals surface area contributed by atoms with Crippen molar-refractivity contribution >= 4 is 69.8 Å². The third-order valence-electron chi connectivity index (χ3n) is 2.91. The average Bonchev–Trinajstić information content (AvgIpc) is 2.30. The van der Waals surface area contributed by atoms with Gasteiger partial charge in [-0.15, -0.1) is 48.0 Å². The van der Waals surface area contributed by atoms with Crippen molar-refractivity contribution in [2.24, 2.45) is 7.05 Å². The Balaban J connectivity index is 0.000000963. The van der Waals surface area contributed by atoms with Gasteiger partial charge in [0.1, 0.15) is 7.05 Å². The van der Waals surface area contributed by atoms with Crippen LogP contribution in [0.15, 0.2) is 54.6 Å². The van der Waals surface area contributed by atoms with Crippen LogP contribution >= 0.6 is 48.0 Å². The maximum Gasteiger partial charge on any atom is 0.212 e. The summed E-state index contributed by atoms with van der Waals surface area (Å²) in [7, 11) is 2.12. The molecule has 0 unspecified atom stereocenters. The van der Waals surface area contributed by atoms with E-state index in [0.29, 0.717) is 0 Å². The van der Waals surface area contributed by atoms with E-state index in [0.717, 1.165) is 0 Å². The van der Waals surface area contributed by atoms with Gasteiger partial charge in [0.05, 0.1) is 0 Å². The number of aryl methyl sites for hydroxylation is 1. The van der Waals surface area contributed by atoms with Gasteiger partial charge in [0.25, 0.3) is 0 Å². The molecule has 0 fully saturated rings. The van der Waals surface area contributed by atoms with Crippen LogP contribution in [0.5, 0.6) is 0 Å². The maximum atomic E-state index is 2.24. The Bertz CT molecular complexity index is 599. The fourth-order valence-electron chi connectivity index (χ4n) is 2.13. The molecule has 0 amide bonds. The Morgan fingerprint density at radius 1 is 0.722 bits per heavy atom. The van der Waals surface area contributed by atoms with Crippen LogP contribution in [0.2, 0.25) is 0 Å². The molecule has 1 nitrogen and oxygen atoms in total. The third-order valence-corrected chi connectivity index (χ3v) is 2.91. The van der Waals surface area contributed by atoms with Crippen LogP contribution in [0.25, 0.3) is 21.8 Å². The summed E-state index contributed by atoms with van der Waals surface area (Å²) >= 11 is 0. The maximum absolute atomic E-state index is 2.24. The second-order valence-electron chi connectivity index (χ2n) is 3.82. The molecule has 0 saturated carbocycles. The number of para-hydroxylation sites is 2. The van der Waals surface area contributed by atoms with Crippen molar-refractivity contribution in [3.63, 3.8) is 0 Å². The standard InChI is InChI=1S/C14H12N.3HI/c1-15-13-8-4-2-6-11(13)10-12-7-3-5-9-14(12)15;;;/h2-10H,1H3;3*1H/q+1;;;/p-1. The number of nitrogens with zero attached hydrogens (tertiary/aromatic N) is 1. The zero-order valence-corrected chi connectivity index (χ0v) is 16.7. The number of halogens is 3. The summed E-state index contributed by atoms with van der Waals surface area (Å²) in [6.07, 6.45) is 0. The first kappa shape index (κ1) is 18.3. The summed E-state index contributed by atoms with van der Waals surface area (Å²) in [5.41, 5.74) is 2.55. The molecule has 4 heteroatoms. The van der Waals surface area contributed by atoms with Gasteiger partial charge < -0.3 is 24.0 Å². The quantitative estimate of drug-likeness (QED) is 0.214. The number of fused-ring (bicyclic) bond motifs is 2. The molecular formula is C14H14I3N. The van der Waals surface area contributed by atoms with Crippen molar-refractivity contribution in [3.05, 3.63) is 54.6 Å². The topological polar surface area (TPSA) is 3.88 Å². The minimum Gasteiger partial charge on any atom is -1.00 e. The Morgan fingerprint density at radius 2 is 1.11 bits per heavy atom. The minimum atomic E-state index is 0. The Labute approximate surface area is 158 Å². The Morgan fingerprint density at radius 3 is 1.56 bits per heavy atom. The number of benzene rings is 2. The van der Waals surface area contributed by atoms with E-state index in [1.54, 1.807) is 0 Å². The zero-order valence-electron chi connectivity index (χ0n) is 9.84. The van der Waals surface area contributed by atoms with E-state index in [4.69, 9.17) is 0 Å². The minimum absolute atomic E-state index is 0. The van der Waals surface area contributed by atoms with Gasteiger partial charge in [0.15, 0.2) is 0 Å². The lowest BCUT2D eigenvalue weighted by Crippen LogP contribution is -3.00. The monoisotopic (exact) mass is 577 g/mol. The highest BCUT2D eigenvalue weighted by Crippen LogP contribution is 2.16. The van der Waals surface area contributed by atoms with Gasteiger partial charge in [-0.25, -0.2) is 0 Å². The smallest absolute Gasteiger partial charge is 0.212 e. The van der Waals surface area contributed by atoms with Gasteiger partial charge in [-0.3, -0.25) is 0 Å². The van der Waals surface area contributed by atoms with E-state index in [1.165, 1.54) is 21.8 Å². The summed E-state index contributed by atoms with van der Waals surface area (Å²) in [4.78, 5) is 0. The van der Waals surface area contributed by atoms with Gasteiger partial charge in [-0.1, -0.05) is 24.3 Å². The summed E-state index contributed by atoms with van der Waals surface area (Å²) in [6, 6.07) is 19.2. The Kier molecular flexibility index (Phi) is 7.91. The summed E-state index contributed by atoms with van der Waals surface area (Å²) in [5.74, 6) is 0. The number of hydrogen-bond acceptors (Lipinski definition) is 0. The highest BCUT2D eigenvalue weighted by atomic mass is 127. The first-order valence-corrected chi connectivity index (χ1v) is 5.13. The van der Waals surface area contributed by atoms with Gasteiger partial charge >= 0.3 is 0 Å². The van der Waals surface area contributed by atoms with E-state index >= 15 is 0 Å². The van der Waals surface area contributed by atoms with Gasteiger partial charge in [0.2, 0.25) is 11.0 Å². The predicted octanol–water partition coefficient (Wildman–Crippen LogP) is 1.06. The Hall–Kier alpha value is 0.300.